The fourth-order valence-electron chi connectivity index (χ4n) is 1.54. The number of aryl methyl sites for hydroxylation is 1. The number of hydrogen-bond donors (Lipinski definition) is 1. The molecule has 1 aromatic carbocycles. The molecule has 0 amide bonds. The summed E-state index contributed by atoms with van der Waals surface area (Å²) in [4.78, 5) is 0. The van der Waals surface area contributed by atoms with Gasteiger partial charge in [-0.3, -0.25) is 0 Å². The van der Waals surface area contributed by atoms with Gasteiger partial charge in [0.05, 0.1) is 0 Å². The van der Waals surface area contributed by atoms with Gasteiger partial charge in [-0.2, -0.15) is 0 Å². The zero-order valence-electron chi connectivity index (χ0n) is 8.96. The van der Waals surface area contributed by atoms with Crippen molar-refractivity contribution in [2.45, 2.75) is 32.2 Å². The molecule has 0 aliphatic heterocycles. The molecule has 1 aromatic rings. The van der Waals surface area contributed by atoms with Gasteiger partial charge in [-0.05, 0) is 53.5 Å². The van der Waals surface area contributed by atoms with Crippen LogP contribution < -0.4 is 5.73 Å². The van der Waals surface area contributed by atoms with Crippen LogP contribution in [0.15, 0.2) is 18.2 Å². The molecule has 0 aromatic heterocycles. The van der Waals surface area contributed by atoms with Crippen molar-refractivity contribution < 1.29 is 0 Å². The van der Waals surface area contributed by atoms with E-state index in [0.29, 0.717) is 0 Å². The SMILES string of the molecule is C#CCCCC(N)c1cccc(C)c1I. The molecule has 0 saturated carbocycles. The molecular weight excluding hydrogens is 297 g/mol. The zero-order valence-corrected chi connectivity index (χ0v) is 11.1. The molecule has 1 atom stereocenters. The third-order valence-corrected chi connectivity index (χ3v) is 3.93. The quantitative estimate of drug-likeness (QED) is 0.515. The van der Waals surface area contributed by atoms with Crippen LogP contribution in [0.1, 0.15) is 36.4 Å². The van der Waals surface area contributed by atoms with Gasteiger partial charge in [-0.15, -0.1) is 12.3 Å². The Kier molecular flexibility index (Phi) is 5.13. The highest BCUT2D eigenvalue weighted by Gasteiger charge is 2.10. The summed E-state index contributed by atoms with van der Waals surface area (Å²) in [6.07, 6.45) is 7.99. The maximum Gasteiger partial charge on any atom is 0.0305 e. The van der Waals surface area contributed by atoms with Crippen molar-refractivity contribution in [2.24, 2.45) is 5.73 Å². The van der Waals surface area contributed by atoms with Gasteiger partial charge in [-0.1, -0.05) is 18.2 Å². The maximum atomic E-state index is 6.13. The van der Waals surface area contributed by atoms with Gasteiger partial charge in [0.15, 0.2) is 0 Å². The van der Waals surface area contributed by atoms with Crippen LogP contribution in [-0.4, -0.2) is 0 Å². The summed E-state index contributed by atoms with van der Waals surface area (Å²) in [5.74, 6) is 2.64. The molecule has 0 bridgehead atoms. The summed E-state index contributed by atoms with van der Waals surface area (Å²) in [5, 5.41) is 0. The maximum absolute atomic E-state index is 6.13. The van der Waals surface area contributed by atoms with Crippen molar-refractivity contribution in [2.75, 3.05) is 0 Å². The average Bonchev–Trinajstić information content (AvgIpc) is 2.22. The highest BCUT2D eigenvalue weighted by molar-refractivity contribution is 14.1. The van der Waals surface area contributed by atoms with Crippen molar-refractivity contribution >= 4 is 22.6 Å². The number of hydrogen-bond acceptors (Lipinski definition) is 1. The van der Waals surface area contributed by atoms with E-state index in [1.807, 2.05) is 0 Å². The fraction of sp³-hybridized carbons (Fsp3) is 0.385. The second kappa shape index (κ2) is 6.14. The first-order valence-corrected chi connectivity index (χ1v) is 6.18. The van der Waals surface area contributed by atoms with Gasteiger partial charge >= 0.3 is 0 Å². The minimum absolute atomic E-state index is 0.116. The Morgan fingerprint density at radius 2 is 2.27 bits per heavy atom. The van der Waals surface area contributed by atoms with E-state index < -0.39 is 0 Å². The van der Waals surface area contributed by atoms with Crippen LogP contribution in [0.4, 0.5) is 0 Å². The molecule has 15 heavy (non-hydrogen) atoms. The molecule has 0 heterocycles. The van der Waals surface area contributed by atoms with E-state index in [-0.39, 0.29) is 6.04 Å². The summed E-state index contributed by atoms with van der Waals surface area (Å²) in [6, 6.07) is 6.40. The number of benzene rings is 1. The summed E-state index contributed by atoms with van der Waals surface area (Å²) < 4.78 is 1.28. The summed E-state index contributed by atoms with van der Waals surface area (Å²) in [5.41, 5.74) is 8.67. The second-order valence-electron chi connectivity index (χ2n) is 3.68. The van der Waals surface area contributed by atoms with Crippen LogP contribution >= 0.6 is 22.6 Å². The third-order valence-electron chi connectivity index (χ3n) is 2.46. The first kappa shape index (κ1) is 12.5. The minimum atomic E-state index is 0.116. The molecule has 0 aliphatic carbocycles. The normalized spacial score (nSPS) is 12.1. The lowest BCUT2D eigenvalue weighted by Gasteiger charge is -2.14. The number of terminal acetylenes is 1. The van der Waals surface area contributed by atoms with E-state index in [1.165, 1.54) is 14.7 Å². The first-order valence-electron chi connectivity index (χ1n) is 5.11. The molecule has 0 spiro atoms. The van der Waals surface area contributed by atoms with Crippen LogP contribution in [0, 0.1) is 22.8 Å². The molecular formula is C13H16IN. The monoisotopic (exact) mass is 313 g/mol. The predicted molar refractivity (Wildman–Crippen MR) is 73.5 cm³/mol. The highest BCUT2D eigenvalue weighted by atomic mass is 127. The predicted octanol–water partition coefficient (Wildman–Crippen LogP) is 3.40. The number of rotatable bonds is 4. The number of nitrogens with two attached hydrogens (primary N) is 1. The Morgan fingerprint density at radius 1 is 1.53 bits per heavy atom. The van der Waals surface area contributed by atoms with Crippen molar-refractivity contribution in [1.29, 1.82) is 0 Å². The Bertz CT molecular complexity index is 365. The van der Waals surface area contributed by atoms with Gasteiger partial charge in [0.25, 0.3) is 0 Å². The van der Waals surface area contributed by atoms with Crippen LogP contribution in [0.25, 0.3) is 0 Å². The van der Waals surface area contributed by atoms with Gasteiger partial charge in [0.1, 0.15) is 0 Å². The molecule has 1 unspecified atom stereocenters. The van der Waals surface area contributed by atoms with Crippen molar-refractivity contribution in [3.63, 3.8) is 0 Å². The third kappa shape index (κ3) is 3.51. The van der Waals surface area contributed by atoms with Crippen molar-refractivity contribution in [3.05, 3.63) is 32.9 Å². The highest BCUT2D eigenvalue weighted by Crippen LogP contribution is 2.24. The molecule has 2 N–H and O–H groups in total. The van der Waals surface area contributed by atoms with Crippen LogP contribution in [-0.2, 0) is 0 Å². The van der Waals surface area contributed by atoms with Crippen LogP contribution in [0.3, 0.4) is 0 Å². The van der Waals surface area contributed by atoms with Gasteiger partial charge in [0, 0.05) is 16.0 Å². The smallest absolute Gasteiger partial charge is 0.0305 e. The summed E-state index contributed by atoms with van der Waals surface area (Å²) >= 11 is 2.36. The molecule has 0 fully saturated rings. The van der Waals surface area contributed by atoms with Crippen LogP contribution in [0.2, 0.25) is 0 Å². The van der Waals surface area contributed by atoms with Gasteiger partial charge in [-0.25, -0.2) is 0 Å². The summed E-state index contributed by atoms with van der Waals surface area (Å²) in [7, 11) is 0. The lowest BCUT2D eigenvalue weighted by molar-refractivity contribution is 0.618. The van der Waals surface area contributed by atoms with E-state index in [2.05, 4.69) is 53.6 Å². The first-order chi connectivity index (χ1) is 7.16. The second-order valence-corrected chi connectivity index (χ2v) is 4.76. The Labute approximate surface area is 106 Å². The molecule has 0 saturated heterocycles. The van der Waals surface area contributed by atoms with Crippen LogP contribution in [0.5, 0.6) is 0 Å². The number of unbranched alkanes of at least 4 members (excludes halogenated alkanes) is 1. The standard InChI is InChI=1S/C13H16IN/c1-3-4-5-9-12(15)11-8-6-7-10(2)13(11)14/h1,6-8,12H,4-5,9,15H2,2H3. The molecule has 1 nitrogen and oxygen atoms in total. The van der Waals surface area contributed by atoms with Crippen molar-refractivity contribution in [3.8, 4) is 12.3 Å². The fourth-order valence-corrected chi connectivity index (χ4v) is 2.30. The minimum Gasteiger partial charge on any atom is -0.324 e. The van der Waals surface area contributed by atoms with E-state index in [4.69, 9.17) is 12.2 Å². The van der Waals surface area contributed by atoms with E-state index >= 15 is 0 Å². The van der Waals surface area contributed by atoms with Gasteiger partial charge < -0.3 is 5.73 Å². The molecule has 2 heteroatoms. The van der Waals surface area contributed by atoms with Crippen molar-refractivity contribution in [1.82, 2.24) is 0 Å². The largest absolute Gasteiger partial charge is 0.324 e. The van der Waals surface area contributed by atoms with E-state index in [0.717, 1.165) is 19.3 Å². The summed E-state index contributed by atoms with van der Waals surface area (Å²) in [6.45, 7) is 2.11. The molecule has 80 valence electrons. The van der Waals surface area contributed by atoms with E-state index in [9.17, 15) is 0 Å². The van der Waals surface area contributed by atoms with Gasteiger partial charge in [0.2, 0.25) is 0 Å². The average molecular weight is 313 g/mol. The number of halogens is 1. The Balaban J connectivity index is 2.70. The zero-order chi connectivity index (χ0) is 11.3. The lowest BCUT2D eigenvalue weighted by atomic mass is 10.0. The molecule has 1 rings (SSSR count). The Morgan fingerprint density at radius 3 is 2.93 bits per heavy atom. The van der Waals surface area contributed by atoms with E-state index in [1.54, 1.807) is 0 Å². The molecule has 0 aliphatic rings. The lowest BCUT2D eigenvalue weighted by Crippen LogP contribution is -2.12. The topological polar surface area (TPSA) is 26.0 Å². The molecule has 0 radical (unpaired) electrons. The Hall–Kier alpha value is -0.530.